The standard InChI is InChI=1S/C44H31NO2S/c1-30-27-28-36-35-21-8-9-22-37(35)44(43(36)42(30)31-15-14-20-34(29-31)48(46,47)33-18-6-3-7-19-33)38-23-10-12-25-40(38)45(32-16-4-2-5-17-32)41-26-13-11-24-39(41)44/h2-29H,1H3. The Morgan fingerprint density at radius 3 is 1.75 bits per heavy atom. The Balaban J connectivity index is 1.39. The molecule has 1 aliphatic carbocycles. The van der Waals surface area contributed by atoms with Crippen LogP contribution in [-0.4, -0.2) is 8.42 Å². The number of fused-ring (bicyclic) bond motifs is 9. The SMILES string of the molecule is Cc1ccc2c(c1-c1cccc(S(=O)(=O)c3ccccc3)c1)C1(c3ccccc3-2)c2ccccc2N(c2ccccc2)c2ccccc21. The van der Waals surface area contributed by atoms with E-state index in [2.05, 4.69) is 133 Å². The first-order valence-electron chi connectivity index (χ1n) is 16.2. The molecule has 2 aliphatic rings. The number of para-hydroxylation sites is 3. The van der Waals surface area contributed by atoms with Crippen molar-refractivity contribution in [1.82, 2.24) is 0 Å². The molecule has 0 radical (unpaired) electrons. The number of nitrogens with zero attached hydrogens (tertiary/aromatic N) is 1. The van der Waals surface area contributed by atoms with Gasteiger partial charge in [-0.05, 0) is 106 Å². The molecule has 4 heteroatoms. The number of hydrogen-bond donors (Lipinski definition) is 0. The summed E-state index contributed by atoms with van der Waals surface area (Å²) >= 11 is 0. The first-order valence-corrected chi connectivity index (χ1v) is 17.7. The zero-order valence-electron chi connectivity index (χ0n) is 26.3. The van der Waals surface area contributed by atoms with Gasteiger partial charge in [0.25, 0.3) is 0 Å². The maximum Gasteiger partial charge on any atom is 0.206 e. The first-order chi connectivity index (χ1) is 23.5. The summed E-state index contributed by atoms with van der Waals surface area (Å²) in [6.07, 6.45) is 0. The van der Waals surface area contributed by atoms with Crippen LogP contribution >= 0.6 is 0 Å². The van der Waals surface area contributed by atoms with E-state index in [9.17, 15) is 8.42 Å². The molecule has 1 heterocycles. The quantitative estimate of drug-likeness (QED) is 0.193. The minimum absolute atomic E-state index is 0.285. The third-order valence-electron chi connectivity index (χ3n) is 10.0. The molecule has 0 bridgehead atoms. The zero-order valence-corrected chi connectivity index (χ0v) is 27.2. The highest BCUT2D eigenvalue weighted by Crippen LogP contribution is 2.65. The molecule has 0 aromatic heterocycles. The van der Waals surface area contributed by atoms with E-state index in [1.54, 1.807) is 30.3 Å². The molecule has 0 fully saturated rings. The van der Waals surface area contributed by atoms with Crippen LogP contribution in [0.4, 0.5) is 17.1 Å². The van der Waals surface area contributed by atoms with Crippen molar-refractivity contribution in [3.63, 3.8) is 0 Å². The van der Waals surface area contributed by atoms with E-state index in [-0.39, 0.29) is 9.79 Å². The molecule has 48 heavy (non-hydrogen) atoms. The summed E-state index contributed by atoms with van der Waals surface area (Å²) in [5, 5.41) is 0. The molecule has 0 saturated carbocycles. The van der Waals surface area contributed by atoms with Crippen molar-refractivity contribution in [1.29, 1.82) is 0 Å². The highest BCUT2D eigenvalue weighted by atomic mass is 32.2. The van der Waals surface area contributed by atoms with E-state index in [1.165, 1.54) is 33.4 Å². The van der Waals surface area contributed by atoms with Gasteiger partial charge in [0.2, 0.25) is 9.84 Å². The minimum atomic E-state index is -3.73. The molecule has 9 rings (SSSR count). The second-order valence-corrected chi connectivity index (χ2v) is 14.5. The van der Waals surface area contributed by atoms with Crippen LogP contribution in [0.2, 0.25) is 0 Å². The van der Waals surface area contributed by atoms with Gasteiger partial charge in [0.1, 0.15) is 0 Å². The zero-order chi connectivity index (χ0) is 32.5. The average Bonchev–Trinajstić information content (AvgIpc) is 3.43. The minimum Gasteiger partial charge on any atom is -0.310 e. The third-order valence-corrected chi connectivity index (χ3v) is 11.8. The molecule has 0 atom stereocenters. The van der Waals surface area contributed by atoms with E-state index in [4.69, 9.17) is 0 Å². The lowest BCUT2D eigenvalue weighted by molar-refractivity contribution is 0.596. The lowest BCUT2D eigenvalue weighted by Crippen LogP contribution is -2.36. The van der Waals surface area contributed by atoms with E-state index < -0.39 is 15.3 Å². The van der Waals surface area contributed by atoms with E-state index in [1.807, 2.05) is 18.2 Å². The summed E-state index contributed by atoms with van der Waals surface area (Å²) in [6.45, 7) is 2.14. The van der Waals surface area contributed by atoms with Gasteiger partial charge in [0, 0.05) is 5.69 Å². The number of benzene rings is 7. The van der Waals surface area contributed by atoms with E-state index >= 15 is 0 Å². The smallest absolute Gasteiger partial charge is 0.206 e. The maximum absolute atomic E-state index is 13.9. The van der Waals surface area contributed by atoms with Crippen molar-refractivity contribution in [3.05, 3.63) is 198 Å². The topological polar surface area (TPSA) is 37.4 Å². The predicted molar refractivity (Wildman–Crippen MR) is 194 cm³/mol. The van der Waals surface area contributed by atoms with Gasteiger partial charge in [-0.25, -0.2) is 8.42 Å². The van der Waals surface area contributed by atoms with Crippen LogP contribution in [0.25, 0.3) is 22.3 Å². The molecule has 7 aromatic rings. The predicted octanol–water partition coefficient (Wildman–Crippen LogP) is 10.6. The Morgan fingerprint density at radius 2 is 1.06 bits per heavy atom. The fourth-order valence-electron chi connectivity index (χ4n) is 8.09. The first kappa shape index (κ1) is 28.5. The molecule has 7 aromatic carbocycles. The number of sulfone groups is 1. The molecular formula is C44H31NO2S. The Kier molecular flexibility index (Phi) is 6.33. The fraction of sp³-hybridized carbons (Fsp3) is 0.0455. The molecular weight excluding hydrogens is 607 g/mol. The van der Waals surface area contributed by atoms with Crippen LogP contribution in [0.3, 0.4) is 0 Å². The molecule has 1 aliphatic heterocycles. The highest BCUT2D eigenvalue weighted by Gasteiger charge is 2.53. The highest BCUT2D eigenvalue weighted by molar-refractivity contribution is 7.91. The molecule has 0 saturated heterocycles. The van der Waals surface area contributed by atoms with E-state index in [0.29, 0.717) is 0 Å². The Hall–Kier alpha value is -5.71. The van der Waals surface area contributed by atoms with Crippen molar-refractivity contribution in [2.75, 3.05) is 4.90 Å². The maximum atomic E-state index is 13.9. The van der Waals surface area contributed by atoms with Gasteiger partial charge < -0.3 is 4.90 Å². The Morgan fingerprint density at radius 1 is 0.500 bits per heavy atom. The van der Waals surface area contributed by atoms with Crippen LogP contribution in [0.5, 0.6) is 0 Å². The summed E-state index contributed by atoms with van der Waals surface area (Å²) in [5.74, 6) is 0. The largest absolute Gasteiger partial charge is 0.310 e. The van der Waals surface area contributed by atoms with Gasteiger partial charge in [-0.2, -0.15) is 0 Å². The molecule has 0 unspecified atom stereocenters. The van der Waals surface area contributed by atoms with Crippen LogP contribution in [0, 0.1) is 6.92 Å². The molecule has 0 N–H and O–H groups in total. The van der Waals surface area contributed by atoms with Crippen LogP contribution in [0.15, 0.2) is 180 Å². The molecule has 230 valence electrons. The lowest BCUT2D eigenvalue weighted by atomic mass is 9.63. The van der Waals surface area contributed by atoms with Gasteiger partial charge in [0.15, 0.2) is 0 Å². The van der Waals surface area contributed by atoms with Gasteiger partial charge in [-0.3, -0.25) is 0 Å². The van der Waals surface area contributed by atoms with Gasteiger partial charge in [-0.15, -0.1) is 0 Å². The Labute approximate surface area is 281 Å². The van der Waals surface area contributed by atoms with Crippen LogP contribution < -0.4 is 4.90 Å². The second kappa shape index (κ2) is 10.7. The molecule has 1 spiro atoms. The molecule has 0 amide bonds. The summed E-state index contributed by atoms with van der Waals surface area (Å²) in [7, 11) is -3.73. The fourth-order valence-corrected chi connectivity index (χ4v) is 9.42. The number of anilines is 3. The third kappa shape index (κ3) is 3.90. The van der Waals surface area contributed by atoms with Crippen molar-refractivity contribution < 1.29 is 8.42 Å². The normalized spacial score (nSPS) is 13.8. The Bertz CT molecular complexity index is 2440. The van der Waals surface area contributed by atoms with E-state index in [0.717, 1.165) is 33.8 Å². The number of rotatable bonds is 4. The summed E-state index contributed by atoms with van der Waals surface area (Å²) in [6, 6.07) is 57.4. The lowest BCUT2D eigenvalue weighted by Gasteiger charge is -2.45. The van der Waals surface area contributed by atoms with Crippen molar-refractivity contribution in [2.45, 2.75) is 22.1 Å². The second-order valence-electron chi connectivity index (χ2n) is 12.5. The van der Waals surface area contributed by atoms with Gasteiger partial charge in [-0.1, -0.05) is 121 Å². The number of aryl methyl sites for hydroxylation is 1. The van der Waals surface area contributed by atoms with Gasteiger partial charge in [0.05, 0.1) is 26.6 Å². The van der Waals surface area contributed by atoms with Crippen LogP contribution in [0.1, 0.15) is 27.8 Å². The average molecular weight is 638 g/mol. The van der Waals surface area contributed by atoms with Gasteiger partial charge >= 0.3 is 0 Å². The monoisotopic (exact) mass is 637 g/mol. The number of hydrogen-bond acceptors (Lipinski definition) is 3. The van der Waals surface area contributed by atoms with Crippen molar-refractivity contribution >= 4 is 26.9 Å². The summed E-state index contributed by atoms with van der Waals surface area (Å²) < 4.78 is 27.8. The molecule has 3 nitrogen and oxygen atoms in total. The van der Waals surface area contributed by atoms with Crippen LogP contribution in [-0.2, 0) is 15.3 Å². The van der Waals surface area contributed by atoms with Crippen molar-refractivity contribution in [3.8, 4) is 22.3 Å². The summed E-state index contributed by atoms with van der Waals surface area (Å²) in [5.41, 5.74) is 12.9. The van der Waals surface area contributed by atoms with Crippen molar-refractivity contribution in [2.24, 2.45) is 0 Å². The summed E-state index contributed by atoms with van der Waals surface area (Å²) in [4.78, 5) is 2.95.